The van der Waals surface area contributed by atoms with Gasteiger partial charge >= 0.3 is 0 Å². The zero-order chi connectivity index (χ0) is 13.0. The number of carbonyl (C=O) groups is 1. The van der Waals surface area contributed by atoms with Crippen molar-refractivity contribution in [2.75, 3.05) is 32.0 Å². The molecule has 0 saturated carbocycles. The van der Waals surface area contributed by atoms with Crippen molar-refractivity contribution in [3.05, 3.63) is 29.8 Å². The summed E-state index contributed by atoms with van der Waals surface area (Å²) in [4.78, 5) is 12.1. The largest absolute Gasteiger partial charge is 0.399 e. The number of hydrogen-bond acceptors (Lipinski definition) is 4. The van der Waals surface area contributed by atoms with Crippen LogP contribution in [0.4, 0.5) is 5.69 Å². The van der Waals surface area contributed by atoms with Crippen LogP contribution >= 0.6 is 0 Å². The molecule has 2 rings (SSSR count). The summed E-state index contributed by atoms with van der Waals surface area (Å²) in [5.41, 5.74) is 10.2. The standard InChI is InChI=1S/C13H19N3O2/c1-10(11-3-2-4-12(14)9-11)13(17)15-16-5-7-18-8-6-16/h2-4,9-10H,5-8,14H2,1H3,(H,15,17). The third-order valence-corrected chi connectivity index (χ3v) is 3.08. The Morgan fingerprint density at radius 1 is 1.44 bits per heavy atom. The summed E-state index contributed by atoms with van der Waals surface area (Å²) in [6, 6.07) is 7.43. The summed E-state index contributed by atoms with van der Waals surface area (Å²) in [7, 11) is 0. The molecule has 18 heavy (non-hydrogen) atoms. The molecule has 0 spiro atoms. The molecular weight excluding hydrogens is 230 g/mol. The van der Waals surface area contributed by atoms with Crippen molar-refractivity contribution in [1.29, 1.82) is 0 Å². The maximum atomic E-state index is 12.1. The molecule has 1 atom stereocenters. The number of ether oxygens (including phenoxy) is 1. The highest BCUT2D eigenvalue weighted by atomic mass is 16.5. The second kappa shape index (κ2) is 5.84. The third kappa shape index (κ3) is 3.21. The van der Waals surface area contributed by atoms with Crippen molar-refractivity contribution < 1.29 is 9.53 Å². The fourth-order valence-corrected chi connectivity index (χ4v) is 1.91. The monoisotopic (exact) mass is 249 g/mol. The third-order valence-electron chi connectivity index (χ3n) is 3.08. The molecule has 1 aromatic carbocycles. The van der Waals surface area contributed by atoms with Crippen LogP contribution in [0, 0.1) is 0 Å². The lowest BCUT2D eigenvalue weighted by Crippen LogP contribution is -2.49. The van der Waals surface area contributed by atoms with E-state index in [1.54, 1.807) is 0 Å². The van der Waals surface area contributed by atoms with E-state index in [1.807, 2.05) is 36.2 Å². The number of morpholine rings is 1. The van der Waals surface area contributed by atoms with Gasteiger partial charge in [-0.15, -0.1) is 0 Å². The Labute approximate surface area is 107 Å². The molecule has 1 heterocycles. The fourth-order valence-electron chi connectivity index (χ4n) is 1.91. The van der Waals surface area contributed by atoms with E-state index in [4.69, 9.17) is 10.5 Å². The first-order chi connectivity index (χ1) is 8.66. The maximum absolute atomic E-state index is 12.1. The Hall–Kier alpha value is -1.59. The zero-order valence-corrected chi connectivity index (χ0v) is 10.6. The van der Waals surface area contributed by atoms with Crippen LogP contribution in [0.1, 0.15) is 18.4 Å². The molecular formula is C13H19N3O2. The zero-order valence-electron chi connectivity index (χ0n) is 10.6. The SMILES string of the molecule is CC(C(=O)NN1CCOCC1)c1cccc(N)c1. The van der Waals surface area contributed by atoms with E-state index >= 15 is 0 Å². The summed E-state index contributed by atoms with van der Waals surface area (Å²) in [6.45, 7) is 4.66. The van der Waals surface area contributed by atoms with Gasteiger partial charge in [-0.2, -0.15) is 0 Å². The van der Waals surface area contributed by atoms with Crippen molar-refractivity contribution in [3.8, 4) is 0 Å². The number of hydrazine groups is 1. The Kier molecular flexibility index (Phi) is 4.17. The number of carbonyl (C=O) groups excluding carboxylic acids is 1. The molecule has 1 unspecified atom stereocenters. The summed E-state index contributed by atoms with van der Waals surface area (Å²) in [5, 5.41) is 1.90. The van der Waals surface area contributed by atoms with Crippen molar-refractivity contribution in [3.63, 3.8) is 0 Å². The van der Waals surface area contributed by atoms with E-state index in [1.165, 1.54) is 0 Å². The molecule has 0 bridgehead atoms. The minimum absolute atomic E-state index is 0.0116. The van der Waals surface area contributed by atoms with Crippen LogP contribution in [-0.4, -0.2) is 37.2 Å². The number of hydrogen-bond donors (Lipinski definition) is 2. The first kappa shape index (κ1) is 12.9. The predicted octanol–water partition coefficient (Wildman–Crippen LogP) is 0.736. The first-order valence-electron chi connectivity index (χ1n) is 6.15. The number of benzene rings is 1. The Morgan fingerprint density at radius 3 is 2.83 bits per heavy atom. The predicted molar refractivity (Wildman–Crippen MR) is 69.8 cm³/mol. The Balaban J connectivity index is 1.95. The maximum Gasteiger partial charge on any atom is 0.241 e. The second-order valence-corrected chi connectivity index (χ2v) is 4.47. The van der Waals surface area contributed by atoms with Gasteiger partial charge in [0.25, 0.3) is 0 Å². The van der Waals surface area contributed by atoms with Crippen molar-refractivity contribution in [1.82, 2.24) is 10.4 Å². The first-order valence-corrected chi connectivity index (χ1v) is 6.15. The van der Waals surface area contributed by atoms with Crippen molar-refractivity contribution in [2.24, 2.45) is 0 Å². The van der Waals surface area contributed by atoms with Crippen LogP contribution in [0.3, 0.4) is 0 Å². The summed E-state index contributed by atoms with van der Waals surface area (Å²) in [5.74, 6) is -0.223. The molecule has 1 aliphatic heterocycles. The van der Waals surface area contributed by atoms with Gasteiger partial charge in [0, 0.05) is 18.8 Å². The molecule has 5 heteroatoms. The molecule has 1 aliphatic rings. The number of nitrogens with two attached hydrogens (primary N) is 1. The van der Waals surface area contributed by atoms with Gasteiger partial charge in [-0.3, -0.25) is 10.2 Å². The Morgan fingerprint density at radius 2 is 2.17 bits per heavy atom. The van der Waals surface area contributed by atoms with Crippen LogP contribution in [0.25, 0.3) is 0 Å². The molecule has 1 fully saturated rings. The average Bonchev–Trinajstić information content (AvgIpc) is 2.39. The number of rotatable bonds is 3. The minimum atomic E-state index is -0.212. The molecule has 0 aliphatic carbocycles. The number of nitrogens with one attached hydrogen (secondary N) is 1. The highest BCUT2D eigenvalue weighted by Gasteiger charge is 2.19. The van der Waals surface area contributed by atoms with E-state index < -0.39 is 0 Å². The van der Waals surface area contributed by atoms with E-state index in [-0.39, 0.29) is 11.8 Å². The van der Waals surface area contributed by atoms with E-state index in [0.717, 1.165) is 18.7 Å². The second-order valence-electron chi connectivity index (χ2n) is 4.47. The molecule has 0 radical (unpaired) electrons. The highest BCUT2D eigenvalue weighted by Crippen LogP contribution is 2.17. The molecule has 3 N–H and O–H groups in total. The van der Waals surface area contributed by atoms with Gasteiger partial charge < -0.3 is 10.5 Å². The van der Waals surface area contributed by atoms with Gasteiger partial charge in [0.2, 0.25) is 5.91 Å². The van der Waals surface area contributed by atoms with E-state index in [2.05, 4.69) is 5.43 Å². The molecule has 98 valence electrons. The normalized spacial score (nSPS) is 18.3. The van der Waals surface area contributed by atoms with Crippen LogP contribution in [-0.2, 0) is 9.53 Å². The Bertz CT molecular complexity index is 416. The van der Waals surface area contributed by atoms with Gasteiger partial charge in [0.15, 0.2) is 0 Å². The van der Waals surface area contributed by atoms with Crippen LogP contribution in [0.5, 0.6) is 0 Å². The molecule has 1 amide bonds. The average molecular weight is 249 g/mol. The summed E-state index contributed by atoms with van der Waals surface area (Å²) < 4.78 is 5.23. The molecule has 5 nitrogen and oxygen atoms in total. The topological polar surface area (TPSA) is 67.6 Å². The van der Waals surface area contributed by atoms with Gasteiger partial charge in [-0.1, -0.05) is 12.1 Å². The van der Waals surface area contributed by atoms with Gasteiger partial charge in [0.1, 0.15) is 0 Å². The summed E-state index contributed by atoms with van der Waals surface area (Å²) >= 11 is 0. The number of anilines is 1. The fraction of sp³-hybridized carbons (Fsp3) is 0.462. The van der Waals surface area contributed by atoms with Gasteiger partial charge in [-0.25, -0.2) is 5.01 Å². The lowest BCUT2D eigenvalue weighted by Gasteiger charge is -2.28. The number of nitrogen functional groups attached to an aromatic ring is 1. The van der Waals surface area contributed by atoms with Crippen LogP contribution in [0.15, 0.2) is 24.3 Å². The highest BCUT2D eigenvalue weighted by molar-refractivity contribution is 5.83. The van der Waals surface area contributed by atoms with Crippen LogP contribution < -0.4 is 11.2 Å². The van der Waals surface area contributed by atoms with Crippen molar-refractivity contribution >= 4 is 11.6 Å². The molecule has 0 aromatic heterocycles. The lowest BCUT2D eigenvalue weighted by atomic mass is 10.0. The lowest BCUT2D eigenvalue weighted by molar-refractivity contribution is -0.129. The quantitative estimate of drug-likeness (QED) is 0.775. The van der Waals surface area contributed by atoms with Crippen LogP contribution in [0.2, 0.25) is 0 Å². The van der Waals surface area contributed by atoms with Gasteiger partial charge in [-0.05, 0) is 24.6 Å². The van der Waals surface area contributed by atoms with E-state index in [9.17, 15) is 4.79 Å². The van der Waals surface area contributed by atoms with Crippen molar-refractivity contribution in [2.45, 2.75) is 12.8 Å². The van der Waals surface area contributed by atoms with Gasteiger partial charge in [0.05, 0.1) is 19.1 Å². The molecule has 1 aromatic rings. The van der Waals surface area contributed by atoms with E-state index in [0.29, 0.717) is 18.9 Å². The number of amides is 1. The summed E-state index contributed by atoms with van der Waals surface area (Å²) in [6.07, 6.45) is 0. The smallest absolute Gasteiger partial charge is 0.241 e. The minimum Gasteiger partial charge on any atom is -0.399 e. The molecule has 1 saturated heterocycles. The number of nitrogens with zero attached hydrogens (tertiary/aromatic N) is 1.